The Morgan fingerprint density at radius 1 is 1.30 bits per heavy atom. The Kier molecular flexibility index (Phi) is 6.28. The topological polar surface area (TPSA) is 79.8 Å². The molecule has 2 unspecified atom stereocenters. The molecule has 6 heteroatoms. The average molecular weight is 328 g/mol. The summed E-state index contributed by atoms with van der Waals surface area (Å²) < 4.78 is 10.6. The summed E-state index contributed by atoms with van der Waals surface area (Å²) in [6.45, 7) is 8.07. The van der Waals surface area contributed by atoms with Crippen LogP contribution < -0.4 is 10.6 Å². The molecule has 23 heavy (non-hydrogen) atoms. The van der Waals surface area contributed by atoms with E-state index in [1.165, 1.54) is 0 Å². The highest BCUT2D eigenvalue weighted by Crippen LogP contribution is 2.27. The van der Waals surface area contributed by atoms with Crippen LogP contribution in [0.2, 0.25) is 0 Å². The molecule has 0 aromatic rings. The maximum absolute atomic E-state index is 11.8. The van der Waals surface area contributed by atoms with Crippen LogP contribution in [0.1, 0.15) is 52.9 Å². The van der Waals surface area contributed by atoms with Crippen LogP contribution in [0.3, 0.4) is 0 Å². The lowest BCUT2D eigenvalue weighted by Gasteiger charge is -2.34. The van der Waals surface area contributed by atoms with E-state index in [-0.39, 0.29) is 6.09 Å². The second-order valence-electron chi connectivity index (χ2n) is 7.90. The molecule has 3 N–H and O–H groups in total. The SMILES string of the molecule is CC(C)(C)OC(=O)NCC1CCCC1NCC1(O)CCOCC1. The summed E-state index contributed by atoms with van der Waals surface area (Å²) in [5, 5.41) is 16.9. The third-order valence-corrected chi connectivity index (χ3v) is 4.68. The molecule has 0 aromatic heterocycles. The fraction of sp³-hybridized carbons (Fsp3) is 0.941. The van der Waals surface area contributed by atoms with Crippen molar-refractivity contribution < 1.29 is 19.4 Å². The third-order valence-electron chi connectivity index (χ3n) is 4.68. The van der Waals surface area contributed by atoms with E-state index in [1.807, 2.05) is 20.8 Å². The van der Waals surface area contributed by atoms with Crippen molar-refractivity contribution in [1.29, 1.82) is 0 Å². The number of nitrogens with one attached hydrogen (secondary N) is 2. The summed E-state index contributed by atoms with van der Waals surface area (Å²) in [6.07, 6.45) is 4.36. The number of rotatable bonds is 5. The molecule has 1 saturated carbocycles. The van der Waals surface area contributed by atoms with Gasteiger partial charge < -0.3 is 25.2 Å². The van der Waals surface area contributed by atoms with Gasteiger partial charge in [-0.1, -0.05) is 6.42 Å². The highest BCUT2D eigenvalue weighted by atomic mass is 16.6. The molecule has 1 saturated heterocycles. The van der Waals surface area contributed by atoms with Gasteiger partial charge in [-0.15, -0.1) is 0 Å². The zero-order chi connectivity index (χ0) is 16.9. The number of carbonyl (C=O) groups is 1. The van der Waals surface area contributed by atoms with Crippen LogP contribution in [0.15, 0.2) is 0 Å². The quantitative estimate of drug-likeness (QED) is 0.717. The molecule has 2 rings (SSSR count). The Morgan fingerprint density at radius 2 is 2.00 bits per heavy atom. The summed E-state index contributed by atoms with van der Waals surface area (Å²) in [6, 6.07) is 0.344. The number of aliphatic hydroxyl groups is 1. The lowest BCUT2D eigenvalue weighted by atomic mass is 9.93. The maximum Gasteiger partial charge on any atom is 0.407 e. The molecule has 6 nitrogen and oxygen atoms in total. The summed E-state index contributed by atoms with van der Waals surface area (Å²) in [4.78, 5) is 11.8. The molecule has 1 aliphatic carbocycles. The predicted octanol–water partition coefficient (Wildman–Crippen LogP) is 1.81. The van der Waals surface area contributed by atoms with Gasteiger partial charge in [0.15, 0.2) is 0 Å². The van der Waals surface area contributed by atoms with E-state index in [1.54, 1.807) is 0 Å². The number of alkyl carbamates (subject to hydrolysis) is 1. The Balaban J connectivity index is 1.73. The Bertz CT molecular complexity index is 389. The highest BCUT2D eigenvalue weighted by Gasteiger charge is 2.33. The Hall–Kier alpha value is -0.850. The van der Waals surface area contributed by atoms with Gasteiger partial charge in [-0.3, -0.25) is 0 Å². The van der Waals surface area contributed by atoms with Crippen molar-refractivity contribution in [3.8, 4) is 0 Å². The van der Waals surface area contributed by atoms with Crippen LogP contribution in [-0.4, -0.2) is 54.7 Å². The van der Waals surface area contributed by atoms with Crippen molar-refractivity contribution in [2.24, 2.45) is 5.92 Å². The Morgan fingerprint density at radius 3 is 2.65 bits per heavy atom. The van der Waals surface area contributed by atoms with Gasteiger partial charge in [0.2, 0.25) is 0 Å². The minimum atomic E-state index is -0.649. The lowest BCUT2D eigenvalue weighted by Crippen LogP contribution is -2.49. The first-order valence-electron chi connectivity index (χ1n) is 8.78. The minimum absolute atomic E-state index is 0.344. The van der Waals surface area contributed by atoms with Crippen LogP contribution in [0, 0.1) is 5.92 Å². The van der Waals surface area contributed by atoms with Gasteiger partial charge >= 0.3 is 6.09 Å². The van der Waals surface area contributed by atoms with E-state index >= 15 is 0 Å². The van der Waals surface area contributed by atoms with Crippen LogP contribution in [0.5, 0.6) is 0 Å². The van der Waals surface area contributed by atoms with Crippen molar-refractivity contribution in [2.45, 2.75) is 70.1 Å². The summed E-state index contributed by atoms with van der Waals surface area (Å²) in [5.74, 6) is 0.394. The van der Waals surface area contributed by atoms with E-state index in [4.69, 9.17) is 9.47 Å². The standard InChI is InChI=1S/C17H32N2O4/c1-16(2,3)23-15(20)18-11-13-5-4-6-14(13)19-12-17(21)7-9-22-10-8-17/h13-14,19,21H,4-12H2,1-3H3,(H,18,20). The molecule has 1 heterocycles. The van der Waals surface area contributed by atoms with Crippen molar-refractivity contribution in [1.82, 2.24) is 10.6 Å². The fourth-order valence-electron chi connectivity index (χ4n) is 3.33. The normalized spacial score (nSPS) is 27.7. The van der Waals surface area contributed by atoms with E-state index < -0.39 is 11.2 Å². The third kappa shape index (κ3) is 6.28. The van der Waals surface area contributed by atoms with E-state index in [0.29, 0.717) is 51.1 Å². The monoisotopic (exact) mass is 328 g/mol. The van der Waals surface area contributed by atoms with Crippen molar-refractivity contribution in [2.75, 3.05) is 26.3 Å². The first kappa shape index (κ1) is 18.5. The fourth-order valence-corrected chi connectivity index (χ4v) is 3.33. The molecule has 134 valence electrons. The highest BCUT2D eigenvalue weighted by molar-refractivity contribution is 5.67. The molecular weight excluding hydrogens is 296 g/mol. The molecule has 0 spiro atoms. The number of amides is 1. The molecular formula is C17H32N2O4. The number of hydrogen-bond donors (Lipinski definition) is 3. The molecule has 2 atom stereocenters. The largest absolute Gasteiger partial charge is 0.444 e. The van der Waals surface area contributed by atoms with E-state index in [0.717, 1.165) is 19.3 Å². The molecule has 0 radical (unpaired) electrons. The molecule has 2 aliphatic rings. The molecule has 0 bridgehead atoms. The smallest absolute Gasteiger partial charge is 0.407 e. The van der Waals surface area contributed by atoms with Crippen LogP contribution in [0.4, 0.5) is 4.79 Å². The van der Waals surface area contributed by atoms with Crippen LogP contribution >= 0.6 is 0 Å². The maximum atomic E-state index is 11.8. The van der Waals surface area contributed by atoms with Gasteiger partial charge in [0.05, 0.1) is 5.60 Å². The second-order valence-corrected chi connectivity index (χ2v) is 7.90. The predicted molar refractivity (Wildman–Crippen MR) is 88.4 cm³/mol. The van der Waals surface area contributed by atoms with Gasteiger partial charge in [-0.2, -0.15) is 0 Å². The number of carbonyl (C=O) groups excluding carboxylic acids is 1. The molecule has 1 aliphatic heterocycles. The summed E-state index contributed by atoms with van der Waals surface area (Å²) in [5.41, 5.74) is -1.12. The molecule has 2 fully saturated rings. The van der Waals surface area contributed by atoms with Gasteiger partial charge in [0.25, 0.3) is 0 Å². The lowest BCUT2D eigenvalue weighted by molar-refractivity contribution is -0.0632. The second kappa shape index (κ2) is 7.81. The first-order chi connectivity index (χ1) is 10.8. The minimum Gasteiger partial charge on any atom is -0.444 e. The van der Waals surface area contributed by atoms with Crippen molar-refractivity contribution in [3.05, 3.63) is 0 Å². The van der Waals surface area contributed by atoms with Crippen LogP contribution in [-0.2, 0) is 9.47 Å². The zero-order valence-electron chi connectivity index (χ0n) is 14.7. The number of hydrogen-bond acceptors (Lipinski definition) is 5. The van der Waals surface area contributed by atoms with Crippen LogP contribution in [0.25, 0.3) is 0 Å². The van der Waals surface area contributed by atoms with Gasteiger partial charge in [0, 0.05) is 45.2 Å². The van der Waals surface area contributed by atoms with Gasteiger partial charge in [0.1, 0.15) is 5.60 Å². The van der Waals surface area contributed by atoms with E-state index in [2.05, 4.69) is 10.6 Å². The first-order valence-corrected chi connectivity index (χ1v) is 8.78. The van der Waals surface area contributed by atoms with Gasteiger partial charge in [-0.25, -0.2) is 4.79 Å². The molecule has 0 aromatic carbocycles. The zero-order valence-corrected chi connectivity index (χ0v) is 14.7. The molecule has 1 amide bonds. The van der Waals surface area contributed by atoms with Crippen molar-refractivity contribution in [3.63, 3.8) is 0 Å². The number of ether oxygens (including phenoxy) is 2. The summed E-state index contributed by atoms with van der Waals surface area (Å²) in [7, 11) is 0. The average Bonchev–Trinajstić information content (AvgIpc) is 2.89. The van der Waals surface area contributed by atoms with E-state index in [9.17, 15) is 9.90 Å². The summed E-state index contributed by atoms with van der Waals surface area (Å²) >= 11 is 0. The van der Waals surface area contributed by atoms with Gasteiger partial charge in [-0.05, 0) is 39.5 Å². The Labute approximate surface area is 139 Å². The van der Waals surface area contributed by atoms with Crippen molar-refractivity contribution >= 4 is 6.09 Å².